The standard InChI is InChI=1S/C14H21N3O2S2/c1-10(15-9-14(2,3)17-21(4,18)19)13-16-11-7-5-6-8-12(11)20-13/h5-8,10,15,17H,9H2,1-4H3. The zero-order valence-corrected chi connectivity index (χ0v) is 14.3. The van der Waals surface area contributed by atoms with Gasteiger partial charge in [0.25, 0.3) is 0 Å². The van der Waals surface area contributed by atoms with Gasteiger partial charge in [-0.15, -0.1) is 11.3 Å². The van der Waals surface area contributed by atoms with Crippen molar-refractivity contribution in [2.45, 2.75) is 32.4 Å². The van der Waals surface area contributed by atoms with E-state index in [1.165, 1.54) is 6.26 Å². The molecular weight excluding hydrogens is 306 g/mol. The van der Waals surface area contributed by atoms with Crippen LogP contribution in [0, 0.1) is 0 Å². The molecule has 1 aromatic heterocycles. The number of nitrogens with zero attached hydrogens (tertiary/aromatic N) is 1. The molecule has 1 heterocycles. The highest BCUT2D eigenvalue weighted by Gasteiger charge is 2.23. The molecule has 1 aromatic carbocycles. The molecule has 0 aliphatic carbocycles. The van der Waals surface area contributed by atoms with E-state index >= 15 is 0 Å². The number of para-hydroxylation sites is 1. The summed E-state index contributed by atoms with van der Waals surface area (Å²) in [5.74, 6) is 0. The van der Waals surface area contributed by atoms with Crippen LogP contribution in [-0.4, -0.2) is 31.7 Å². The summed E-state index contributed by atoms with van der Waals surface area (Å²) >= 11 is 1.66. The Bertz CT molecular complexity index is 690. The monoisotopic (exact) mass is 327 g/mol. The van der Waals surface area contributed by atoms with Gasteiger partial charge in [0.2, 0.25) is 10.0 Å². The van der Waals surface area contributed by atoms with Gasteiger partial charge in [-0.05, 0) is 32.9 Å². The summed E-state index contributed by atoms with van der Waals surface area (Å²) in [6.45, 7) is 6.27. The molecule has 0 radical (unpaired) electrons. The molecule has 2 aromatic rings. The molecule has 2 rings (SSSR count). The van der Waals surface area contributed by atoms with E-state index in [9.17, 15) is 8.42 Å². The molecule has 7 heteroatoms. The summed E-state index contributed by atoms with van der Waals surface area (Å²) in [5.41, 5.74) is 0.457. The van der Waals surface area contributed by atoms with Crippen LogP contribution in [0.3, 0.4) is 0 Å². The van der Waals surface area contributed by atoms with Gasteiger partial charge in [0.05, 0.1) is 22.5 Å². The molecule has 0 saturated carbocycles. The average molecular weight is 327 g/mol. The maximum Gasteiger partial charge on any atom is 0.209 e. The molecule has 0 aliphatic heterocycles. The van der Waals surface area contributed by atoms with Crippen LogP contribution in [0.15, 0.2) is 24.3 Å². The van der Waals surface area contributed by atoms with Crippen LogP contribution in [0.4, 0.5) is 0 Å². The number of aromatic nitrogens is 1. The molecule has 2 N–H and O–H groups in total. The third-order valence-corrected chi connectivity index (χ3v) is 5.14. The van der Waals surface area contributed by atoms with Crippen molar-refractivity contribution in [3.8, 4) is 0 Å². The normalized spacial score (nSPS) is 14.5. The van der Waals surface area contributed by atoms with Crippen LogP contribution in [0.5, 0.6) is 0 Å². The molecule has 116 valence electrons. The van der Waals surface area contributed by atoms with Gasteiger partial charge in [-0.25, -0.2) is 18.1 Å². The van der Waals surface area contributed by atoms with Gasteiger partial charge in [-0.1, -0.05) is 12.1 Å². The Kier molecular flexibility index (Phi) is 4.67. The molecule has 21 heavy (non-hydrogen) atoms. The Morgan fingerprint density at radius 3 is 2.62 bits per heavy atom. The lowest BCUT2D eigenvalue weighted by molar-refractivity contribution is 0.399. The first kappa shape index (κ1) is 16.4. The van der Waals surface area contributed by atoms with Crippen LogP contribution in [0.2, 0.25) is 0 Å². The summed E-state index contributed by atoms with van der Waals surface area (Å²) in [5, 5.41) is 4.35. The minimum Gasteiger partial charge on any atom is -0.306 e. The molecule has 5 nitrogen and oxygen atoms in total. The lowest BCUT2D eigenvalue weighted by Crippen LogP contribution is -2.50. The van der Waals surface area contributed by atoms with Crippen molar-refractivity contribution in [1.82, 2.24) is 15.0 Å². The molecular formula is C14H21N3O2S2. The lowest BCUT2D eigenvalue weighted by Gasteiger charge is -2.27. The molecule has 0 saturated heterocycles. The van der Waals surface area contributed by atoms with E-state index in [-0.39, 0.29) is 6.04 Å². The molecule has 1 atom stereocenters. The topological polar surface area (TPSA) is 71.1 Å². The van der Waals surface area contributed by atoms with Crippen molar-refractivity contribution in [1.29, 1.82) is 0 Å². The molecule has 0 fully saturated rings. The van der Waals surface area contributed by atoms with E-state index in [4.69, 9.17) is 0 Å². The maximum atomic E-state index is 11.3. The number of thiazole rings is 1. The van der Waals surface area contributed by atoms with E-state index in [0.717, 1.165) is 15.2 Å². The van der Waals surface area contributed by atoms with Crippen molar-refractivity contribution in [3.05, 3.63) is 29.3 Å². The smallest absolute Gasteiger partial charge is 0.209 e. The number of benzene rings is 1. The Balaban J connectivity index is 2.02. The fraction of sp³-hybridized carbons (Fsp3) is 0.500. The second-order valence-corrected chi connectivity index (χ2v) is 8.69. The average Bonchev–Trinajstić information content (AvgIpc) is 2.77. The van der Waals surface area contributed by atoms with Crippen LogP contribution in [0.25, 0.3) is 10.2 Å². The highest BCUT2D eigenvalue weighted by Crippen LogP contribution is 2.26. The Labute approximate surface area is 129 Å². The quantitative estimate of drug-likeness (QED) is 0.854. The fourth-order valence-corrected chi connectivity index (χ4v) is 4.18. The van der Waals surface area contributed by atoms with E-state index < -0.39 is 15.6 Å². The summed E-state index contributed by atoms with van der Waals surface area (Å²) in [4.78, 5) is 4.61. The number of sulfonamides is 1. The highest BCUT2D eigenvalue weighted by atomic mass is 32.2. The van der Waals surface area contributed by atoms with Crippen molar-refractivity contribution in [3.63, 3.8) is 0 Å². The van der Waals surface area contributed by atoms with Crippen LogP contribution in [-0.2, 0) is 10.0 Å². The zero-order valence-electron chi connectivity index (χ0n) is 12.7. The predicted molar refractivity (Wildman–Crippen MR) is 88.1 cm³/mol. The second-order valence-electron chi connectivity index (χ2n) is 5.88. The third-order valence-electron chi connectivity index (χ3n) is 2.99. The largest absolute Gasteiger partial charge is 0.306 e. The van der Waals surface area contributed by atoms with E-state index in [2.05, 4.69) is 21.1 Å². The molecule has 0 aliphatic rings. The Morgan fingerprint density at radius 1 is 1.33 bits per heavy atom. The number of fused-ring (bicyclic) bond motifs is 1. The van der Waals surface area contributed by atoms with E-state index in [0.29, 0.717) is 6.54 Å². The van der Waals surface area contributed by atoms with Crippen molar-refractivity contribution >= 4 is 31.6 Å². The first-order valence-electron chi connectivity index (χ1n) is 6.74. The fourth-order valence-electron chi connectivity index (χ4n) is 2.11. The summed E-state index contributed by atoms with van der Waals surface area (Å²) in [6, 6.07) is 8.10. The van der Waals surface area contributed by atoms with Crippen LogP contribution < -0.4 is 10.0 Å². The summed E-state index contributed by atoms with van der Waals surface area (Å²) in [6.07, 6.45) is 1.17. The summed E-state index contributed by atoms with van der Waals surface area (Å²) in [7, 11) is -3.22. The first-order chi connectivity index (χ1) is 9.66. The number of hydrogen-bond donors (Lipinski definition) is 2. The minimum absolute atomic E-state index is 0.0723. The van der Waals surface area contributed by atoms with Crippen molar-refractivity contribution < 1.29 is 8.42 Å². The lowest BCUT2D eigenvalue weighted by atomic mass is 10.1. The van der Waals surface area contributed by atoms with E-state index in [1.54, 1.807) is 11.3 Å². The van der Waals surface area contributed by atoms with Crippen LogP contribution in [0.1, 0.15) is 31.8 Å². The zero-order chi connectivity index (χ0) is 15.7. The van der Waals surface area contributed by atoms with Crippen LogP contribution >= 0.6 is 11.3 Å². The predicted octanol–water partition coefficient (Wildman–Crippen LogP) is 2.27. The summed E-state index contributed by atoms with van der Waals surface area (Å²) < 4.78 is 26.4. The van der Waals surface area contributed by atoms with Gasteiger partial charge in [0.1, 0.15) is 5.01 Å². The van der Waals surface area contributed by atoms with Gasteiger partial charge in [0, 0.05) is 12.1 Å². The van der Waals surface area contributed by atoms with Gasteiger partial charge >= 0.3 is 0 Å². The van der Waals surface area contributed by atoms with E-state index in [1.807, 2.05) is 39.0 Å². The molecule has 0 amide bonds. The highest BCUT2D eigenvalue weighted by molar-refractivity contribution is 7.88. The van der Waals surface area contributed by atoms with Crippen molar-refractivity contribution in [2.24, 2.45) is 0 Å². The SMILES string of the molecule is CC(NCC(C)(C)NS(C)(=O)=O)c1nc2ccccc2s1. The number of rotatable bonds is 6. The van der Waals surface area contributed by atoms with Gasteiger partial charge < -0.3 is 5.32 Å². The second kappa shape index (κ2) is 6.00. The maximum absolute atomic E-state index is 11.3. The van der Waals surface area contributed by atoms with Gasteiger partial charge in [-0.2, -0.15) is 0 Å². The Hall–Kier alpha value is -1.02. The van der Waals surface area contributed by atoms with Gasteiger partial charge in [0.15, 0.2) is 0 Å². The molecule has 0 bridgehead atoms. The Morgan fingerprint density at radius 2 is 2.00 bits per heavy atom. The third kappa shape index (κ3) is 4.74. The number of nitrogens with one attached hydrogen (secondary N) is 2. The minimum atomic E-state index is -3.22. The van der Waals surface area contributed by atoms with Crippen molar-refractivity contribution in [2.75, 3.05) is 12.8 Å². The molecule has 0 spiro atoms. The molecule has 1 unspecified atom stereocenters. The number of hydrogen-bond acceptors (Lipinski definition) is 5. The first-order valence-corrected chi connectivity index (χ1v) is 9.45. The van der Waals surface area contributed by atoms with Gasteiger partial charge in [-0.3, -0.25) is 0 Å².